The normalized spacial score (nSPS) is 14.6. The molecule has 0 spiro atoms. The number of aryl methyl sites for hydroxylation is 1. The van der Waals surface area contributed by atoms with Gasteiger partial charge >= 0.3 is 6.18 Å². The second kappa shape index (κ2) is 3.34. The summed E-state index contributed by atoms with van der Waals surface area (Å²) in [5, 5.41) is 8.81. The molecule has 1 heterocycles. The van der Waals surface area contributed by atoms with E-state index in [0.717, 1.165) is 0 Å². The number of halogens is 4. The average molecular weight is 259 g/mol. The first-order chi connectivity index (χ1) is 5.82. The van der Waals surface area contributed by atoms with Crippen molar-refractivity contribution >= 4 is 15.9 Å². The Morgan fingerprint density at radius 1 is 1.54 bits per heavy atom. The lowest BCUT2D eigenvalue weighted by atomic mass is 10.2. The molecule has 13 heavy (non-hydrogen) atoms. The van der Waals surface area contributed by atoms with E-state index in [2.05, 4.69) is 20.3 Å². The fourth-order valence-electron chi connectivity index (χ4n) is 0.876. The van der Waals surface area contributed by atoms with Crippen LogP contribution in [0.5, 0.6) is 0 Å². The highest BCUT2D eigenvalue weighted by atomic mass is 79.9. The molecule has 0 fully saturated rings. The third kappa shape index (κ3) is 2.25. The van der Waals surface area contributed by atoms with Crippen LogP contribution in [-0.4, -0.2) is 11.3 Å². The Hall–Kier alpha value is -0.490. The van der Waals surface area contributed by atoms with Crippen molar-refractivity contribution < 1.29 is 22.7 Å². The van der Waals surface area contributed by atoms with Gasteiger partial charge < -0.3 is 9.52 Å². The van der Waals surface area contributed by atoms with Crippen LogP contribution in [0.3, 0.4) is 0 Å². The fraction of sp³-hybridized carbons (Fsp3) is 0.429. The molecule has 6 heteroatoms. The van der Waals surface area contributed by atoms with Gasteiger partial charge in [-0.3, -0.25) is 0 Å². The second-order valence-electron chi connectivity index (χ2n) is 2.54. The van der Waals surface area contributed by atoms with Crippen molar-refractivity contribution in [3.8, 4) is 0 Å². The van der Waals surface area contributed by atoms with Crippen LogP contribution in [0.15, 0.2) is 15.2 Å². The molecular formula is C7H6BrF3O2. The molecule has 0 aliphatic carbocycles. The Bertz CT molecular complexity index is 305. The maximum absolute atomic E-state index is 12.0. The van der Waals surface area contributed by atoms with Crippen LogP contribution < -0.4 is 0 Å². The monoisotopic (exact) mass is 258 g/mol. The highest BCUT2D eigenvalue weighted by molar-refractivity contribution is 9.10. The predicted molar refractivity (Wildman–Crippen MR) is 42.2 cm³/mol. The maximum Gasteiger partial charge on any atom is 0.421 e. The molecule has 1 aromatic rings. The van der Waals surface area contributed by atoms with Crippen molar-refractivity contribution in [2.45, 2.75) is 19.2 Å². The van der Waals surface area contributed by atoms with Gasteiger partial charge in [-0.2, -0.15) is 13.2 Å². The van der Waals surface area contributed by atoms with Crippen molar-refractivity contribution in [2.24, 2.45) is 0 Å². The second-order valence-corrected chi connectivity index (χ2v) is 3.32. The molecule has 2 nitrogen and oxygen atoms in total. The zero-order valence-electron chi connectivity index (χ0n) is 6.52. The van der Waals surface area contributed by atoms with Gasteiger partial charge in [0.1, 0.15) is 5.76 Å². The van der Waals surface area contributed by atoms with Crippen molar-refractivity contribution in [2.75, 3.05) is 0 Å². The Kier molecular flexibility index (Phi) is 2.72. The molecule has 1 aromatic heterocycles. The van der Waals surface area contributed by atoms with E-state index >= 15 is 0 Å². The highest BCUT2D eigenvalue weighted by Crippen LogP contribution is 2.36. The molecule has 0 aliphatic heterocycles. The quantitative estimate of drug-likeness (QED) is 0.841. The van der Waals surface area contributed by atoms with Gasteiger partial charge in [-0.15, -0.1) is 0 Å². The number of hydrogen-bond donors (Lipinski definition) is 1. The molecule has 0 aromatic carbocycles. The number of rotatable bonds is 1. The largest absolute Gasteiger partial charge is 0.451 e. The van der Waals surface area contributed by atoms with Gasteiger partial charge in [-0.25, -0.2) is 0 Å². The Labute approximate surface area is 80.5 Å². The first kappa shape index (κ1) is 10.6. The molecule has 0 bridgehead atoms. The van der Waals surface area contributed by atoms with Crippen molar-refractivity contribution in [3.63, 3.8) is 0 Å². The molecule has 0 saturated carbocycles. The van der Waals surface area contributed by atoms with E-state index in [1.54, 1.807) is 0 Å². The molecule has 0 aliphatic rings. The summed E-state index contributed by atoms with van der Waals surface area (Å²) in [5.41, 5.74) is 0.261. The minimum Gasteiger partial charge on any atom is -0.451 e. The Morgan fingerprint density at radius 2 is 2.08 bits per heavy atom. The molecule has 1 N–H and O–H groups in total. The summed E-state index contributed by atoms with van der Waals surface area (Å²) >= 11 is 2.87. The van der Waals surface area contributed by atoms with Gasteiger partial charge in [0.25, 0.3) is 0 Å². The molecule has 74 valence electrons. The molecule has 0 unspecified atom stereocenters. The van der Waals surface area contributed by atoms with Crippen LogP contribution in [0.2, 0.25) is 0 Å². The molecule has 1 rings (SSSR count). The maximum atomic E-state index is 12.0. The van der Waals surface area contributed by atoms with E-state index in [1.165, 1.54) is 13.0 Å². The van der Waals surface area contributed by atoms with E-state index in [0.29, 0.717) is 0 Å². The number of alkyl halides is 3. The summed E-state index contributed by atoms with van der Waals surface area (Å²) < 4.78 is 40.8. The van der Waals surface area contributed by atoms with Crippen molar-refractivity contribution in [3.05, 3.63) is 22.1 Å². The third-order valence-electron chi connectivity index (χ3n) is 1.48. The van der Waals surface area contributed by atoms with Crippen molar-refractivity contribution in [1.29, 1.82) is 0 Å². The SMILES string of the molecule is Cc1cc(Br)oc1[C@@H](O)C(F)(F)F. The molecule has 0 amide bonds. The summed E-state index contributed by atoms with van der Waals surface area (Å²) in [4.78, 5) is 0. The van der Waals surface area contributed by atoms with E-state index in [1.807, 2.05) is 0 Å². The molecule has 0 saturated heterocycles. The van der Waals surface area contributed by atoms with E-state index in [9.17, 15) is 13.2 Å². The summed E-state index contributed by atoms with van der Waals surface area (Å²) in [6.07, 6.45) is -7.25. The summed E-state index contributed by atoms with van der Waals surface area (Å²) in [6.45, 7) is 1.43. The smallest absolute Gasteiger partial charge is 0.421 e. The number of hydrogen-bond acceptors (Lipinski definition) is 2. The Morgan fingerprint density at radius 3 is 2.38 bits per heavy atom. The zero-order chi connectivity index (χ0) is 10.2. The van der Waals surface area contributed by atoms with Crippen molar-refractivity contribution in [1.82, 2.24) is 0 Å². The molecular weight excluding hydrogens is 253 g/mol. The van der Waals surface area contributed by atoms with Crippen LogP contribution >= 0.6 is 15.9 Å². The number of aliphatic hydroxyl groups is 1. The van der Waals surface area contributed by atoms with E-state index in [-0.39, 0.29) is 10.2 Å². The summed E-state index contributed by atoms with van der Waals surface area (Å²) in [7, 11) is 0. The Balaban J connectivity index is 3.01. The van der Waals surface area contributed by atoms with Crippen LogP contribution in [-0.2, 0) is 0 Å². The topological polar surface area (TPSA) is 33.4 Å². The van der Waals surface area contributed by atoms with Crippen LogP contribution in [0.25, 0.3) is 0 Å². The standard InChI is InChI=1S/C7H6BrF3O2/c1-3-2-4(8)13-5(3)6(12)7(9,10)11/h2,6,12H,1H3/t6-/m1/s1. The van der Waals surface area contributed by atoms with Gasteiger partial charge in [0.15, 0.2) is 4.67 Å². The number of aliphatic hydroxyl groups excluding tert-OH is 1. The lowest BCUT2D eigenvalue weighted by Crippen LogP contribution is -2.20. The van der Waals surface area contributed by atoms with Gasteiger partial charge in [0.05, 0.1) is 0 Å². The zero-order valence-corrected chi connectivity index (χ0v) is 8.11. The van der Waals surface area contributed by atoms with Gasteiger partial charge in [-0.05, 0) is 34.5 Å². The average Bonchev–Trinajstić information content (AvgIpc) is 2.26. The minimum absolute atomic E-state index is 0.170. The molecule has 0 radical (unpaired) electrons. The van der Waals surface area contributed by atoms with Crippen LogP contribution in [0.1, 0.15) is 17.4 Å². The third-order valence-corrected chi connectivity index (χ3v) is 1.88. The molecule has 1 atom stereocenters. The summed E-state index contributed by atoms with van der Waals surface area (Å²) in [5.74, 6) is -0.473. The fourth-order valence-corrected chi connectivity index (χ4v) is 1.39. The minimum atomic E-state index is -4.69. The van der Waals surface area contributed by atoms with Gasteiger partial charge in [-0.1, -0.05) is 0 Å². The van der Waals surface area contributed by atoms with E-state index < -0.39 is 18.0 Å². The van der Waals surface area contributed by atoms with Crippen LogP contribution in [0, 0.1) is 6.92 Å². The lowest BCUT2D eigenvalue weighted by molar-refractivity contribution is -0.212. The number of furan rings is 1. The first-order valence-corrected chi connectivity index (χ1v) is 4.12. The predicted octanol–water partition coefficient (Wildman–Crippen LogP) is 2.95. The van der Waals surface area contributed by atoms with E-state index in [4.69, 9.17) is 5.11 Å². The lowest BCUT2D eigenvalue weighted by Gasteiger charge is -2.12. The highest BCUT2D eigenvalue weighted by Gasteiger charge is 2.42. The first-order valence-electron chi connectivity index (χ1n) is 3.33. The van der Waals surface area contributed by atoms with Crippen LogP contribution in [0.4, 0.5) is 13.2 Å². The van der Waals surface area contributed by atoms with Gasteiger partial charge in [0.2, 0.25) is 6.10 Å². The van der Waals surface area contributed by atoms with Gasteiger partial charge in [0, 0.05) is 0 Å². The summed E-state index contributed by atoms with van der Waals surface area (Å²) in [6, 6.07) is 1.37.